The molecule has 0 spiro atoms. The lowest BCUT2D eigenvalue weighted by Crippen LogP contribution is -2.02. The van der Waals surface area contributed by atoms with Gasteiger partial charge < -0.3 is 10.1 Å². The van der Waals surface area contributed by atoms with Gasteiger partial charge in [0.25, 0.3) is 0 Å². The number of hydrogen-bond donors (Lipinski definition) is 1. The van der Waals surface area contributed by atoms with Gasteiger partial charge in [0.2, 0.25) is 0 Å². The maximum absolute atomic E-state index is 5.35. The van der Waals surface area contributed by atoms with Crippen LogP contribution in [-0.2, 0) is 0 Å². The molecule has 0 aliphatic heterocycles. The average Bonchev–Trinajstić information content (AvgIpc) is 2.09. The Morgan fingerprint density at radius 3 is 2.83 bits per heavy atom. The van der Waals surface area contributed by atoms with Gasteiger partial charge in [-0.3, -0.25) is 0 Å². The normalized spacial score (nSPS) is 9.58. The Morgan fingerprint density at radius 1 is 1.50 bits per heavy atom. The zero-order chi connectivity index (χ0) is 8.97. The van der Waals surface area contributed by atoms with E-state index < -0.39 is 0 Å². The van der Waals surface area contributed by atoms with Crippen molar-refractivity contribution < 1.29 is 4.74 Å². The third kappa shape index (κ3) is 2.12. The van der Waals surface area contributed by atoms with Crippen LogP contribution in [0.4, 0.5) is 5.69 Å². The van der Waals surface area contributed by atoms with E-state index in [2.05, 4.69) is 14.6 Å². The van der Waals surface area contributed by atoms with Crippen LogP contribution in [0.3, 0.4) is 0 Å². The van der Waals surface area contributed by atoms with Crippen molar-refractivity contribution in [2.75, 3.05) is 19.0 Å². The highest BCUT2D eigenvalue weighted by Gasteiger charge is 1.97. The van der Waals surface area contributed by atoms with Crippen LogP contribution in [0.1, 0.15) is 6.92 Å². The summed E-state index contributed by atoms with van der Waals surface area (Å²) in [6.07, 6.45) is 0. The van der Waals surface area contributed by atoms with Gasteiger partial charge in [0.05, 0.1) is 6.61 Å². The Hall–Kier alpha value is -0.750. The second-order valence-corrected chi connectivity index (χ2v) is 3.05. The zero-order valence-electron chi connectivity index (χ0n) is 7.42. The van der Waals surface area contributed by atoms with Crippen molar-refractivity contribution in [3.63, 3.8) is 0 Å². The van der Waals surface area contributed by atoms with Crippen molar-refractivity contribution in [1.82, 2.24) is 0 Å². The molecule has 1 unspecified atom stereocenters. The van der Waals surface area contributed by atoms with Crippen LogP contribution >= 0.6 is 9.24 Å². The monoisotopic (exact) mass is 183 g/mol. The van der Waals surface area contributed by atoms with E-state index in [9.17, 15) is 0 Å². The molecule has 0 amide bonds. The summed E-state index contributed by atoms with van der Waals surface area (Å²) >= 11 is 0. The molecule has 0 saturated carbocycles. The first-order valence-electron chi connectivity index (χ1n) is 3.98. The minimum atomic E-state index is 0.708. The van der Waals surface area contributed by atoms with Crippen LogP contribution in [0.5, 0.6) is 5.75 Å². The van der Waals surface area contributed by atoms with E-state index in [0.29, 0.717) is 6.61 Å². The molecule has 0 heterocycles. The van der Waals surface area contributed by atoms with Crippen LogP contribution in [0.2, 0.25) is 0 Å². The zero-order valence-corrected chi connectivity index (χ0v) is 8.58. The van der Waals surface area contributed by atoms with Gasteiger partial charge >= 0.3 is 0 Å². The molecule has 0 aliphatic carbocycles. The maximum Gasteiger partial charge on any atom is 0.121 e. The smallest absolute Gasteiger partial charge is 0.121 e. The third-order valence-electron chi connectivity index (χ3n) is 1.61. The first-order chi connectivity index (χ1) is 5.77. The standard InChI is InChI=1S/C9H14NOP/c1-3-11-7-4-5-9(12)8(6-7)10-2/h4-6,10H,3,12H2,1-2H3. The minimum absolute atomic E-state index is 0.708. The molecule has 1 aromatic carbocycles. The number of ether oxygens (including phenoxy) is 1. The highest BCUT2D eigenvalue weighted by atomic mass is 31.0. The minimum Gasteiger partial charge on any atom is -0.494 e. The quantitative estimate of drug-likeness (QED) is 0.719. The summed E-state index contributed by atoms with van der Waals surface area (Å²) < 4.78 is 5.35. The van der Waals surface area contributed by atoms with Crippen molar-refractivity contribution in [2.24, 2.45) is 0 Å². The van der Waals surface area contributed by atoms with Crippen LogP contribution in [-0.4, -0.2) is 13.7 Å². The number of nitrogens with one attached hydrogen (secondary N) is 1. The molecule has 0 bridgehead atoms. The fourth-order valence-corrected chi connectivity index (χ4v) is 1.33. The second-order valence-electron chi connectivity index (χ2n) is 2.43. The predicted octanol–water partition coefficient (Wildman–Crippen LogP) is 1.63. The molecule has 66 valence electrons. The fourth-order valence-electron chi connectivity index (χ4n) is 1.01. The van der Waals surface area contributed by atoms with Crippen LogP contribution in [0.25, 0.3) is 0 Å². The van der Waals surface area contributed by atoms with E-state index in [1.165, 1.54) is 0 Å². The van der Waals surface area contributed by atoms with Gasteiger partial charge in [-0.1, -0.05) is 0 Å². The molecule has 1 N–H and O–H groups in total. The Balaban J connectivity index is 2.89. The Bertz CT molecular complexity index is 263. The summed E-state index contributed by atoms with van der Waals surface area (Å²) in [4.78, 5) is 0. The van der Waals surface area contributed by atoms with Crippen LogP contribution in [0.15, 0.2) is 18.2 Å². The van der Waals surface area contributed by atoms with E-state index in [4.69, 9.17) is 4.74 Å². The lowest BCUT2D eigenvalue weighted by atomic mass is 10.3. The Labute approximate surface area is 75.5 Å². The molecule has 1 atom stereocenters. The molecular formula is C9H14NOP. The lowest BCUT2D eigenvalue weighted by Gasteiger charge is -2.08. The van der Waals surface area contributed by atoms with E-state index >= 15 is 0 Å². The number of benzene rings is 1. The summed E-state index contributed by atoms with van der Waals surface area (Å²) in [7, 11) is 4.57. The van der Waals surface area contributed by atoms with E-state index in [1.807, 2.05) is 32.2 Å². The summed E-state index contributed by atoms with van der Waals surface area (Å²) in [5, 5.41) is 4.25. The molecule has 3 heteroatoms. The molecule has 1 aromatic rings. The van der Waals surface area contributed by atoms with Gasteiger partial charge in [-0.05, 0) is 24.4 Å². The summed E-state index contributed by atoms with van der Waals surface area (Å²) in [6, 6.07) is 5.97. The molecular weight excluding hydrogens is 169 g/mol. The van der Waals surface area contributed by atoms with Crippen LogP contribution < -0.4 is 15.4 Å². The molecule has 1 rings (SSSR count). The Kier molecular flexibility index (Phi) is 3.36. The van der Waals surface area contributed by atoms with E-state index in [-0.39, 0.29) is 0 Å². The van der Waals surface area contributed by atoms with Gasteiger partial charge in [-0.25, -0.2) is 0 Å². The molecule has 12 heavy (non-hydrogen) atoms. The van der Waals surface area contributed by atoms with E-state index in [0.717, 1.165) is 16.7 Å². The molecule has 0 radical (unpaired) electrons. The van der Waals surface area contributed by atoms with E-state index in [1.54, 1.807) is 0 Å². The van der Waals surface area contributed by atoms with Crippen molar-refractivity contribution in [3.8, 4) is 5.75 Å². The lowest BCUT2D eigenvalue weighted by molar-refractivity contribution is 0.340. The number of anilines is 1. The average molecular weight is 183 g/mol. The summed E-state index contributed by atoms with van der Waals surface area (Å²) in [5.74, 6) is 0.910. The molecule has 0 aliphatic rings. The fraction of sp³-hybridized carbons (Fsp3) is 0.333. The van der Waals surface area contributed by atoms with Gasteiger partial charge in [0.15, 0.2) is 0 Å². The highest BCUT2D eigenvalue weighted by molar-refractivity contribution is 7.28. The topological polar surface area (TPSA) is 21.3 Å². The Morgan fingerprint density at radius 2 is 2.25 bits per heavy atom. The van der Waals surface area contributed by atoms with Crippen molar-refractivity contribution in [1.29, 1.82) is 0 Å². The highest BCUT2D eigenvalue weighted by Crippen LogP contribution is 2.16. The number of hydrogen-bond acceptors (Lipinski definition) is 2. The number of rotatable bonds is 3. The third-order valence-corrected chi connectivity index (χ3v) is 2.11. The van der Waals surface area contributed by atoms with Gasteiger partial charge in [0.1, 0.15) is 5.75 Å². The second kappa shape index (κ2) is 4.32. The largest absolute Gasteiger partial charge is 0.494 e. The van der Waals surface area contributed by atoms with Gasteiger partial charge in [-0.15, -0.1) is 9.24 Å². The molecule has 0 saturated heterocycles. The summed E-state index contributed by atoms with van der Waals surface area (Å²) in [5.41, 5.74) is 1.09. The maximum atomic E-state index is 5.35. The molecule has 0 fully saturated rings. The molecule has 0 aromatic heterocycles. The first-order valence-corrected chi connectivity index (χ1v) is 4.55. The van der Waals surface area contributed by atoms with Crippen molar-refractivity contribution >= 4 is 20.2 Å². The molecule has 2 nitrogen and oxygen atoms in total. The van der Waals surface area contributed by atoms with Gasteiger partial charge in [0, 0.05) is 18.8 Å². The van der Waals surface area contributed by atoms with Gasteiger partial charge in [-0.2, -0.15) is 0 Å². The SMILES string of the molecule is CCOc1ccc(P)c(NC)c1. The van der Waals surface area contributed by atoms with Crippen molar-refractivity contribution in [2.45, 2.75) is 6.92 Å². The summed E-state index contributed by atoms with van der Waals surface area (Å²) in [6.45, 7) is 2.69. The van der Waals surface area contributed by atoms with Crippen LogP contribution in [0, 0.1) is 0 Å². The van der Waals surface area contributed by atoms with Crippen molar-refractivity contribution in [3.05, 3.63) is 18.2 Å². The first kappa shape index (κ1) is 9.34. The predicted molar refractivity (Wildman–Crippen MR) is 56.5 cm³/mol.